The number of anilines is 2. The van der Waals surface area contributed by atoms with Crippen molar-refractivity contribution in [3.63, 3.8) is 0 Å². The first kappa shape index (κ1) is 16.0. The average molecular weight is 347 g/mol. The Bertz CT molecular complexity index is 1020. The van der Waals surface area contributed by atoms with E-state index in [2.05, 4.69) is 15.5 Å². The molecule has 0 aliphatic carbocycles. The fraction of sp³-hybridized carbons (Fsp3) is 0.100. The third-order valence-corrected chi connectivity index (χ3v) is 3.91. The summed E-state index contributed by atoms with van der Waals surface area (Å²) in [6.45, 7) is 0.411. The van der Waals surface area contributed by atoms with Crippen LogP contribution in [-0.4, -0.2) is 17.3 Å². The van der Waals surface area contributed by atoms with Crippen molar-refractivity contribution in [3.05, 3.63) is 72.6 Å². The Kier molecular flexibility index (Phi) is 4.38. The van der Waals surface area contributed by atoms with Gasteiger partial charge in [-0.05, 0) is 42.0 Å². The summed E-state index contributed by atoms with van der Waals surface area (Å²) in [6, 6.07) is 17.2. The van der Waals surface area contributed by atoms with Gasteiger partial charge in [0.1, 0.15) is 23.5 Å². The summed E-state index contributed by atoms with van der Waals surface area (Å²) < 4.78 is 16.7. The number of aromatic nitrogens is 2. The van der Waals surface area contributed by atoms with Crippen LogP contribution in [0, 0.1) is 0 Å². The molecule has 4 rings (SSSR count). The van der Waals surface area contributed by atoms with Crippen molar-refractivity contribution in [2.75, 3.05) is 12.4 Å². The SMILES string of the molecule is COc1cccc(COc2cccc3onc(Nc4cccnc4)c23)c1. The van der Waals surface area contributed by atoms with E-state index in [0.717, 1.165) is 22.4 Å². The molecule has 6 heteroatoms. The van der Waals surface area contributed by atoms with Gasteiger partial charge in [-0.3, -0.25) is 4.98 Å². The number of rotatable bonds is 6. The molecule has 0 unspecified atom stereocenters. The largest absolute Gasteiger partial charge is 0.497 e. The Labute approximate surface area is 150 Å². The highest BCUT2D eigenvalue weighted by molar-refractivity contribution is 5.95. The van der Waals surface area contributed by atoms with Gasteiger partial charge in [-0.1, -0.05) is 23.4 Å². The van der Waals surface area contributed by atoms with E-state index in [1.807, 2.05) is 54.6 Å². The van der Waals surface area contributed by atoms with Gasteiger partial charge in [0.2, 0.25) is 0 Å². The van der Waals surface area contributed by atoms with Crippen LogP contribution in [0.4, 0.5) is 11.5 Å². The molecule has 0 amide bonds. The zero-order chi connectivity index (χ0) is 17.8. The van der Waals surface area contributed by atoms with Gasteiger partial charge in [-0.2, -0.15) is 0 Å². The number of nitrogens with zero attached hydrogens (tertiary/aromatic N) is 2. The quantitative estimate of drug-likeness (QED) is 0.552. The summed E-state index contributed by atoms with van der Waals surface area (Å²) in [5.74, 6) is 2.08. The molecule has 0 spiro atoms. The standard InChI is InChI=1S/C20H17N3O3/c1-24-16-7-2-5-14(11-16)13-25-17-8-3-9-18-19(17)20(23-26-18)22-15-6-4-10-21-12-15/h2-12H,13H2,1H3,(H,22,23). The lowest BCUT2D eigenvalue weighted by Gasteiger charge is -2.09. The molecule has 1 N–H and O–H groups in total. The molecule has 2 aromatic carbocycles. The Hall–Kier alpha value is -3.54. The zero-order valence-corrected chi connectivity index (χ0v) is 14.2. The second-order valence-electron chi connectivity index (χ2n) is 5.67. The molecule has 4 aromatic rings. The Morgan fingerprint density at radius 2 is 2.00 bits per heavy atom. The van der Waals surface area contributed by atoms with E-state index in [9.17, 15) is 0 Å². The van der Waals surface area contributed by atoms with Crippen LogP contribution in [0.15, 0.2) is 71.5 Å². The van der Waals surface area contributed by atoms with E-state index in [-0.39, 0.29) is 0 Å². The van der Waals surface area contributed by atoms with E-state index >= 15 is 0 Å². The van der Waals surface area contributed by atoms with Gasteiger partial charge in [0.15, 0.2) is 11.4 Å². The van der Waals surface area contributed by atoms with Crippen molar-refractivity contribution < 1.29 is 14.0 Å². The maximum Gasteiger partial charge on any atom is 0.185 e. The molecule has 0 radical (unpaired) electrons. The van der Waals surface area contributed by atoms with Crippen LogP contribution in [0.1, 0.15) is 5.56 Å². The summed E-state index contributed by atoms with van der Waals surface area (Å²) in [7, 11) is 1.65. The van der Waals surface area contributed by atoms with Gasteiger partial charge < -0.3 is 19.3 Å². The van der Waals surface area contributed by atoms with Gasteiger partial charge in [0.05, 0.1) is 19.0 Å². The van der Waals surface area contributed by atoms with Crippen molar-refractivity contribution in [2.45, 2.75) is 6.61 Å². The lowest BCUT2D eigenvalue weighted by Crippen LogP contribution is -1.97. The number of benzene rings is 2. The van der Waals surface area contributed by atoms with Crippen LogP contribution in [0.3, 0.4) is 0 Å². The molecule has 26 heavy (non-hydrogen) atoms. The van der Waals surface area contributed by atoms with Gasteiger partial charge in [0, 0.05) is 6.20 Å². The Morgan fingerprint density at radius 1 is 1.08 bits per heavy atom. The highest BCUT2D eigenvalue weighted by atomic mass is 16.5. The summed E-state index contributed by atoms with van der Waals surface area (Å²) in [5.41, 5.74) is 2.49. The van der Waals surface area contributed by atoms with Gasteiger partial charge in [-0.15, -0.1) is 0 Å². The third-order valence-electron chi connectivity index (χ3n) is 3.91. The van der Waals surface area contributed by atoms with E-state index < -0.39 is 0 Å². The van der Waals surface area contributed by atoms with Gasteiger partial charge in [0.25, 0.3) is 0 Å². The van der Waals surface area contributed by atoms with Crippen LogP contribution in [0.5, 0.6) is 11.5 Å². The molecular weight excluding hydrogens is 330 g/mol. The predicted molar refractivity (Wildman–Crippen MR) is 98.9 cm³/mol. The number of ether oxygens (including phenoxy) is 2. The van der Waals surface area contributed by atoms with Crippen LogP contribution in [0.25, 0.3) is 11.0 Å². The maximum atomic E-state index is 6.03. The third kappa shape index (κ3) is 3.30. The normalized spacial score (nSPS) is 10.7. The predicted octanol–water partition coefficient (Wildman–Crippen LogP) is 4.55. The second-order valence-corrected chi connectivity index (χ2v) is 5.67. The lowest BCUT2D eigenvalue weighted by molar-refractivity contribution is 0.309. The van der Waals surface area contributed by atoms with Crippen LogP contribution < -0.4 is 14.8 Å². The van der Waals surface area contributed by atoms with Crippen LogP contribution in [-0.2, 0) is 6.61 Å². The molecular formula is C20H17N3O3. The molecule has 2 aromatic heterocycles. The number of nitrogens with one attached hydrogen (secondary N) is 1. The molecule has 0 aliphatic rings. The number of hydrogen-bond acceptors (Lipinski definition) is 6. The lowest BCUT2D eigenvalue weighted by atomic mass is 10.2. The minimum atomic E-state index is 0.411. The molecule has 6 nitrogen and oxygen atoms in total. The fourth-order valence-electron chi connectivity index (χ4n) is 2.66. The molecule has 0 atom stereocenters. The number of pyridine rings is 1. The van der Waals surface area contributed by atoms with Crippen LogP contribution in [0.2, 0.25) is 0 Å². The second kappa shape index (κ2) is 7.14. The van der Waals surface area contributed by atoms with Gasteiger partial charge in [-0.25, -0.2) is 0 Å². The molecule has 0 saturated heterocycles. The van der Waals surface area contributed by atoms with Crippen molar-refractivity contribution in [1.82, 2.24) is 10.1 Å². The molecule has 0 bridgehead atoms. The maximum absolute atomic E-state index is 6.03. The van der Waals surface area contributed by atoms with E-state index in [4.69, 9.17) is 14.0 Å². The van der Waals surface area contributed by atoms with Crippen molar-refractivity contribution in [2.24, 2.45) is 0 Å². The first-order chi connectivity index (χ1) is 12.8. The summed E-state index contributed by atoms with van der Waals surface area (Å²) >= 11 is 0. The monoisotopic (exact) mass is 347 g/mol. The highest BCUT2D eigenvalue weighted by Gasteiger charge is 2.14. The van der Waals surface area contributed by atoms with Crippen molar-refractivity contribution >= 4 is 22.5 Å². The zero-order valence-electron chi connectivity index (χ0n) is 14.2. The summed E-state index contributed by atoms with van der Waals surface area (Å²) in [4.78, 5) is 4.10. The molecule has 0 aliphatic heterocycles. The summed E-state index contributed by atoms with van der Waals surface area (Å²) in [5, 5.41) is 8.13. The number of methoxy groups -OCH3 is 1. The molecule has 130 valence electrons. The minimum absolute atomic E-state index is 0.411. The average Bonchev–Trinajstić information content (AvgIpc) is 3.11. The van der Waals surface area contributed by atoms with E-state index in [1.54, 1.807) is 19.5 Å². The highest BCUT2D eigenvalue weighted by Crippen LogP contribution is 2.34. The van der Waals surface area contributed by atoms with Crippen molar-refractivity contribution in [1.29, 1.82) is 0 Å². The molecule has 0 saturated carbocycles. The van der Waals surface area contributed by atoms with E-state index in [1.165, 1.54) is 0 Å². The Morgan fingerprint density at radius 3 is 2.85 bits per heavy atom. The number of fused-ring (bicyclic) bond motifs is 1. The first-order valence-corrected chi connectivity index (χ1v) is 8.14. The molecule has 2 heterocycles. The Balaban J connectivity index is 1.61. The first-order valence-electron chi connectivity index (χ1n) is 8.14. The van der Waals surface area contributed by atoms with Gasteiger partial charge >= 0.3 is 0 Å². The number of hydrogen-bond donors (Lipinski definition) is 1. The van der Waals surface area contributed by atoms with Crippen LogP contribution >= 0.6 is 0 Å². The molecule has 0 fully saturated rings. The smallest absolute Gasteiger partial charge is 0.185 e. The summed E-state index contributed by atoms with van der Waals surface area (Å²) in [6.07, 6.45) is 3.44. The minimum Gasteiger partial charge on any atom is -0.497 e. The van der Waals surface area contributed by atoms with E-state index in [0.29, 0.717) is 23.8 Å². The topological polar surface area (TPSA) is 69.4 Å². The fourth-order valence-corrected chi connectivity index (χ4v) is 2.66. The van der Waals surface area contributed by atoms with Crippen molar-refractivity contribution in [3.8, 4) is 11.5 Å².